The Bertz CT molecular complexity index is 67.9. The monoisotopic (exact) mass is 177 g/mol. The zero-order valence-corrected chi connectivity index (χ0v) is 8.97. The minimum absolute atomic E-state index is 0. The van der Waals surface area contributed by atoms with Gasteiger partial charge < -0.3 is 4.90 Å². The van der Waals surface area contributed by atoms with E-state index in [4.69, 9.17) is 0 Å². The zero-order chi connectivity index (χ0) is 8.69. The lowest BCUT2D eigenvalue weighted by Crippen LogP contribution is -2.28. The number of hydrogen-bond donors (Lipinski definition) is 0. The van der Waals surface area contributed by atoms with Gasteiger partial charge in [0.1, 0.15) is 0 Å². The maximum atomic E-state index is 2.40. The van der Waals surface area contributed by atoms with Crippen LogP contribution in [0.1, 0.15) is 40.0 Å². The molecule has 0 aromatic heterocycles. The van der Waals surface area contributed by atoms with Crippen LogP contribution in [0.4, 0.5) is 4.70 Å². The van der Waals surface area contributed by atoms with Gasteiger partial charge in [-0.15, -0.1) is 0 Å². The molecule has 0 atom stereocenters. The lowest BCUT2D eigenvalue weighted by Gasteiger charge is -2.26. The van der Waals surface area contributed by atoms with Crippen molar-refractivity contribution in [1.82, 2.24) is 4.90 Å². The van der Waals surface area contributed by atoms with Gasteiger partial charge in [0.15, 0.2) is 0 Å². The fraction of sp³-hybridized carbons (Fsp3) is 1.00. The van der Waals surface area contributed by atoms with E-state index in [0.717, 1.165) is 5.92 Å². The number of likely N-dealkylation sites (tertiary alicyclic amines) is 1. The summed E-state index contributed by atoms with van der Waals surface area (Å²) in [5.74, 6) is 0.978. The molecule has 1 heterocycles. The first-order valence-corrected chi connectivity index (χ1v) is 4.89. The van der Waals surface area contributed by atoms with Crippen LogP contribution in [0.3, 0.4) is 0 Å². The van der Waals surface area contributed by atoms with Gasteiger partial charge in [-0.25, -0.2) is 0 Å². The molecule has 2 heteroatoms. The molecular formula is C10H24FN. The van der Waals surface area contributed by atoms with Gasteiger partial charge in [0.25, 0.3) is 0 Å². The van der Waals surface area contributed by atoms with Gasteiger partial charge in [-0.05, 0) is 38.9 Å². The first-order valence-electron chi connectivity index (χ1n) is 4.89. The maximum Gasteiger partial charge on any atom is -0.00192 e. The third-order valence-corrected chi connectivity index (χ3v) is 2.01. The fourth-order valence-electron chi connectivity index (χ4n) is 1.14. The summed E-state index contributed by atoms with van der Waals surface area (Å²) in [6, 6.07) is 0. The van der Waals surface area contributed by atoms with Crippen LogP contribution < -0.4 is 0 Å². The summed E-state index contributed by atoms with van der Waals surface area (Å²) in [5, 5.41) is 0. The molecule has 0 unspecified atom stereocenters. The van der Waals surface area contributed by atoms with E-state index in [1.807, 2.05) is 0 Å². The average molecular weight is 177 g/mol. The fourth-order valence-corrected chi connectivity index (χ4v) is 1.14. The van der Waals surface area contributed by atoms with E-state index in [9.17, 15) is 0 Å². The predicted octanol–water partition coefficient (Wildman–Crippen LogP) is 2.92. The van der Waals surface area contributed by atoms with Crippen LogP contribution in [0.25, 0.3) is 0 Å². The Hall–Kier alpha value is -0.110. The molecule has 1 fully saturated rings. The summed E-state index contributed by atoms with van der Waals surface area (Å²) in [7, 11) is 2.20. The molecule has 0 amide bonds. The molecule has 0 aromatic carbocycles. The molecule has 0 spiro atoms. The molecule has 0 N–H and O–H groups in total. The van der Waals surface area contributed by atoms with Crippen molar-refractivity contribution in [2.45, 2.75) is 40.0 Å². The van der Waals surface area contributed by atoms with E-state index in [-0.39, 0.29) is 4.70 Å². The van der Waals surface area contributed by atoms with Crippen LogP contribution >= 0.6 is 0 Å². The summed E-state index contributed by atoms with van der Waals surface area (Å²) >= 11 is 0. The third kappa shape index (κ3) is 7.99. The van der Waals surface area contributed by atoms with Gasteiger partial charge in [0.2, 0.25) is 0 Å². The van der Waals surface area contributed by atoms with Crippen molar-refractivity contribution < 1.29 is 4.70 Å². The Morgan fingerprint density at radius 2 is 1.50 bits per heavy atom. The van der Waals surface area contributed by atoms with Gasteiger partial charge in [0, 0.05) is 0 Å². The van der Waals surface area contributed by atoms with Crippen LogP contribution in [0.15, 0.2) is 0 Å². The van der Waals surface area contributed by atoms with Crippen molar-refractivity contribution in [3.05, 3.63) is 0 Å². The quantitative estimate of drug-likeness (QED) is 0.550. The summed E-state index contributed by atoms with van der Waals surface area (Å²) in [6.07, 6.45) is 4.05. The summed E-state index contributed by atoms with van der Waals surface area (Å²) in [5.41, 5.74) is 0. The number of hydrogen-bond acceptors (Lipinski definition) is 1. The molecule has 0 radical (unpaired) electrons. The highest BCUT2D eigenvalue weighted by Crippen LogP contribution is 2.13. The maximum absolute atomic E-state index is 2.40. The van der Waals surface area contributed by atoms with Crippen molar-refractivity contribution in [3.8, 4) is 0 Å². The highest BCUT2D eigenvalue weighted by molar-refractivity contribution is 4.65. The lowest BCUT2D eigenvalue weighted by atomic mass is 10.00. The van der Waals surface area contributed by atoms with Crippen LogP contribution in [-0.2, 0) is 0 Å². The number of piperidine rings is 1. The smallest absolute Gasteiger partial charge is 0.00192 e. The Morgan fingerprint density at radius 3 is 1.75 bits per heavy atom. The Kier molecular flexibility index (Phi) is 10.8. The first kappa shape index (κ1) is 14.4. The summed E-state index contributed by atoms with van der Waals surface area (Å²) < 4.78 is 0. The van der Waals surface area contributed by atoms with Crippen LogP contribution in [0.2, 0.25) is 0 Å². The predicted molar refractivity (Wildman–Crippen MR) is 54.4 cm³/mol. The van der Waals surface area contributed by atoms with Crippen LogP contribution in [0, 0.1) is 5.92 Å². The zero-order valence-electron chi connectivity index (χ0n) is 8.97. The van der Waals surface area contributed by atoms with E-state index < -0.39 is 0 Å². The van der Waals surface area contributed by atoms with E-state index >= 15 is 0 Å². The van der Waals surface area contributed by atoms with Crippen molar-refractivity contribution in [1.29, 1.82) is 0 Å². The first-order chi connectivity index (χ1) is 5.20. The molecule has 76 valence electrons. The van der Waals surface area contributed by atoms with E-state index in [1.54, 1.807) is 0 Å². The van der Waals surface area contributed by atoms with Gasteiger partial charge in [-0.2, -0.15) is 0 Å². The summed E-state index contributed by atoms with van der Waals surface area (Å²) in [4.78, 5) is 2.40. The Labute approximate surface area is 76.5 Å². The third-order valence-electron chi connectivity index (χ3n) is 2.01. The second-order valence-corrected chi connectivity index (χ2v) is 3.69. The molecule has 0 aliphatic carbocycles. The van der Waals surface area contributed by atoms with Crippen molar-refractivity contribution in [2.75, 3.05) is 20.1 Å². The van der Waals surface area contributed by atoms with Crippen molar-refractivity contribution in [2.24, 2.45) is 5.92 Å². The second-order valence-electron chi connectivity index (χ2n) is 3.69. The molecule has 0 aromatic rings. The molecule has 1 rings (SSSR count). The Morgan fingerprint density at radius 1 is 1.17 bits per heavy atom. The number of rotatable bonds is 0. The highest BCUT2D eigenvalue weighted by Gasteiger charge is 2.10. The minimum Gasteiger partial charge on any atom is -0.306 e. The van der Waals surface area contributed by atoms with Gasteiger partial charge >= 0.3 is 0 Å². The molecule has 1 aliphatic heterocycles. The van der Waals surface area contributed by atoms with Gasteiger partial charge in [-0.3, -0.25) is 4.70 Å². The average Bonchev–Trinajstić information content (AvgIpc) is 1.97. The number of nitrogens with zero attached hydrogens (tertiary/aromatic N) is 1. The minimum atomic E-state index is 0. The van der Waals surface area contributed by atoms with Gasteiger partial charge in [-0.1, -0.05) is 27.2 Å². The highest BCUT2D eigenvalue weighted by atomic mass is 19.0. The SMILES string of the molecule is CC1CCN(C)CC1.CCC.F. The van der Waals surface area contributed by atoms with Crippen LogP contribution in [0.5, 0.6) is 0 Å². The second kappa shape index (κ2) is 8.98. The van der Waals surface area contributed by atoms with E-state index in [1.165, 1.54) is 32.4 Å². The molecule has 1 aliphatic rings. The molecule has 0 saturated carbocycles. The van der Waals surface area contributed by atoms with E-state index in [0.29, 0.717) is 0 Å². The standard InChI is InChI=1S/C7H15N.C3H8.FH/c1-7-3-5-8(2)6-4-7;1-3-2;/h7H,3-6H2,1-2H3;3H2,1-2H3;1H. The molecule has 12 heavy (non-hydrogen) atoms. The number of halogens is 1. The van der Waals surface area contributed by atoms with Crippen molar-refractivity contribution >= 4 is 0 Å². The van der Waals surface area contributed by atoms with E-state index in [2.05, 4.69) is 32.7 Å². The topological polar surface area (TPSA) is 3.24 Å². The van der Waals surface area contributed by atoms with Crippen molar-refractivity contribution in [3.63, 3.8) is 0 Å². The molecule has 1 nitrogen and oxygen atoms in total. The Balaban J connectivity index is 0. The lowest BCUT2D eigenvalue weighted by molar-refractivity contribution is 0.230. The molecule has 1 saturated heterocycles. The molecular weight excluding hydrogens is 153 g/mol. The van der Waals surface area contributed by atoms with Crippen LogP contribution in [-0.4, -0.2) is 25.0 Å². The molecule has 0 bridgehead atoms. The van der Waals surface area contributed by atoms with Gasteiger partial charge in [0.05, 0.1) is 0 Å². The normalized spacial score (nSPS) is 19.0. The largest absolute Gasteiger partial charge is 0.306 e. The summed E-state index contributed by atoms with van der Waals surface area (Å²) in [6.45, 7) is 9.20.